The fourth-order valence-corrected chi connectivity index (χ4v) is 1.71. The van der Waals surface area contributed by atoms with Crippen molar-refractivity contribution in [2.75, 3.05) is 6.73 Å². The molecule has 0 aliphatic heterocycles. The molecule has 0 bridgehead atoms. The number of carboxylic acid groups (broad SMARTS) is 1. The van der Waals surface area contributed by atoms with Gasteiger partial charge in [-0.1, -0.05) is 6.07 Å². The van der Waals surface area contributed by atoms with Crippen LogP contribution in [0.2, 0.25) is 0 Å². The molecule has 0 spiro atoms. The van der Waals surface area contributed by atoms with Gasteiger partial charge < -0.3 is 9.84 Å². The van der Waals surface area contributed by atoms with Crippen LogP contribution in [0.5, 0.6) is 5.75 Å². The summed E-state index contributed by atoms with van der Waals surface area (Å²) in [6.45, 7) is 13.7. The van der Waals surface area contributed by atoms with E-state index in [1.54, 1.807) is 18.2 Å². The maximum Gasteiger partial charge on any atom is 0.356 e. The highest BCUT2D eigenvalue weighted by atomic mass is 16.5. The minimum atomic E-state index is -1.04. The van der Waals surface area contributed by atoms with Crippen molar-refractivity contribution in [3.63, 3.8) is 0 Å². The number of pyridine rings is 1. The minimum absolute atomic E-state index is 0.123. The molecule has 0 atom stereocenters. The van der Waals surface area contributed by atoms with Crippen molar-refractivity contribution in [2.45, 2.75) is 0 Å². The van der Waals surface area contributed by atoms with E-state index >= 15 is 0 Å². The third-order valence-corrected chi connectivity index (χ3v) is 2.67. The second kappa shape index (κ2) is 6.18. The molecule has 0 radical (unpaired) electrons. The SMILES string of the molecule is [C-]#[N+]COc1ccc(-c2cc(C(=O)O)ccn2)cc1[N+]#[C-]. The Balaban J connectivity index is 2.42. The summed E-state index contributed by atoms with van der Waals surface area (Å²) >= 11 is 0. The molecule has 1 aromatic carbocycles. The first kappa shape index (κ1) is 14.0. The second-order valence-electron chi connectivity index (χ2n) is 3.96. The summed E-state index contributed by atoms with van der Waals surface area (Å²) in [5.74, 6) is -0.722. The number of carboxylic acids is 1. The van der Waals surface area contributed by atoms with Crippen LogP contribution in [0, 0.1) is 13.1 Å². The molecule has 0 saturated carbocycles. The standard InChI is InChI=1S/C15H9N3O3/c1-16-9-21-14-4-3-10(7-13(14)17-2)12-8-11(15(19)20)5-6-18-12/h3-8H,9H2,(H,19,20). The maximum absolute atomic E-state index is 11.0. The van der Waals surface area contributed by atoms with Gasteiger partial charge in [-0.2, -0.15) is 0 Å². The van der Waals surface area contributed by atoms with Gasteiger partial charge >= 0.3 is 12.7 Å². The minimum Gasteiger partial charge on any atom is -0.478 e. The van der Waals surface area contributed by atoms with Crippen molar-refractivity contribution < 1.29 is 14.6 Å². The molecule has 6 nitrogen and oxygen atoms in total. The lowest BCUT2D eigenvalue weighted by atomic mass is 10.1. The molecule has 0 saturated heterocycles. The highest BCUT2D eigenvalue weighted by Gasteiger charge is 2.10. The van der Waals surface area contributed by atoms with E-state index in [-0.39, 0.29) is 18.0 Å². The van der Waals surface area contributed by atoms with Crippen molar-refractivity contribution in [2.24, 2.45) is 0 Å². The Kier molecular flexibility index (Phi) is 4.13. The Morgan fingerprint density at radius 3 is 2.76 bits per heavy atom. The lowest BCUT2D eigenvalue weighted by Gasteiger charge is -2.06. The molecule has 2 rings (SSSR count). The predicted octanol–water partition coefficient (Wildman–Crippen LogP) is 3.25. The number of aromatic carboxylic acids is 1. The molecule has 0 aliphatic rings. The number of aromatic nitrogens is 1. The first-order chi connectivity index (χ1) is 10.2. The molecule has 6 heteroatoms. The fraction of sp³-hybridized carbons (Fsp3) is 0.0667. The fourth-order valence-electron chi connectivity index (χ4n) is 1.71. The average Bonchev–Trinajstić information content (AvgIpc) is 2.52. The average molecular weight is 279 g/mol. The molecule has 0 aliphatic carbocycles. The molecule has 1 heterocycles. The van der Waals surface area contributed by atoms with Crippen LogP contribution in [-0.4, -0.2) is 22.8 Å². The highest BCUT2D eigenvalue weighted by molar-refractivity contribution is 5.89. The zero-order valence-electron chi connectivity index (χ0n) is 10.8. The lowest BCUT2D eigenvalue weighted by Crippen LogP contribution is -1.97. The number of nitrogens with zero attached hydrogens (tertiary/aromatic N) is 3. The first-order valence-electron chi connectivity index (χ1n) is 5.83. The van der Waals surface area contributed by atoms with Crippen LogP contribution in [0.3, 0.4) is 0 Å². The number of hydrogen-bond acceptors (Lipinski definition) is 3. The number of ether oxygens (including phenoxy) is 1. The van der Waals surface area contributed by atoms with Crippen LogP contribution >= 0.6 is 0 Å². The van der Waals surface area contributed by atoms with Crippen molar-refractivity contribution in [3.05, 3.63) is 64.9 Å². The molecule has 0 unspecified atom stereocenters. The largest absolute Gasteiger partial charge is 0.478 e. The van der Waals surface area contributed by atoms with Crippen LogP contribution in [-0.2, 0) is 0 Å². The van der Waals surface area contributed by atoms with Crippen molar-refractivity contribution >= 4 is 11.7 Å². The summed E-state index contributed by atoms with van der Waals surface area (Å²) in [4.78, 5) is 21.5. The van der Waals surface area contributed by atoms with Crippen molar-refractivity contribution in [1.29, 1.82) is 0 Å². The molecular formula is C15H9N3O3. The van der Waals surface area contributed by atoms with E-state index in [2.05, 4.69) is 14.7 Å². The summed E-state index contributed by atoms with van der Waals surface area (Å²) in [6, 6.07) is 7.63. The van der Waals surface area contributed by atoms with Crippen LogP contribution in [0.25, 0.3) is 20.9 Å². The van der Waals surface area contributed by atoms with E-state index in [4.69, 9.17) is 23.0 Å². The zero-order valence-corrected chi connectivity index (χ0v) is 10.8. The van der Waals surface area contributed by atoms with E-state index in [1.165, 1.54) is 18.3 Å². The van der Waals surface area contributed by atoms with Gasteiger partial charge in [-0.3, -0.25) is 9.83 Å². The smallest absolute Gasteiger partial charge is 0.356 e. The molecule has 0 fully saturated rings. The topological polar surface area (TPSA) is 68.1 Å². The van der Waals surface area contributed by atoms with Crippen molar-refractivity contribution in [1.82, 2.24) is 4.98 Å². The van der Waals surface area contributed by atoms with Gasteiger partial charge in [0.25, 0.3) is 0 Å². The number of hydrogen-bond donors (Lipinski definition) is 1. The van der Waals surface area contributed by atoms with E-state index in [0.717, 1.165) is 0 Å². The molecule has 1 aromatic heterocycles. The predicted molar refractivity (Wildman–Crippen MR) is 75.0 cm³/mol. The van der Waals surface area contributed by atoms with Gasteiger partial charge in [-0.15, -0.1) is 0 Å². The second-order valence-corrected chi connectivity index (χ2v) is 3.96. The van der Waals surface area contributed by atoms with Gasteiger partial charge in [0.2, 0.25) is 5.69 Å². The van der Waals surface area contributed by atoms with Gasteiger partial charge in [0.15, 0.2) is 0 Å². The number of rotatable bonds is 4. The highest BCUT2D eigenvalue weighted by Crippen LogP contribution is 2.32. The Hall–Kier alpha value is -3.38. The Morgan fingerprint density at radius 2 is 2.10 bits per heavy atom. The normalized spacial score (nSPS) is 9.43. The molecule has 102 valence electrons. The Labute approximate surface area is 120 Å². The van der Waals surface area contributed by atoms with E-state index in [0.29, 0.717) is 17.0 Å². The maximum atomic E-state index is 11.0. The first-order valence-corrected chi connectivity index (χ1v) is 5.83. The monoisotopic (exact) mass is 279 g/mol. The summed E-state index contributed by atoms with van der Waals surface area (Å²) < 4.78 is 5.15. The molecule has 2 aromatic rings. The Morgan fingerprint density at radius 1 is 1.29 bits per heavy atom. The van der Waals surface area contributed by atoms with Gasteiger partial charge in [0, 0.05) is 6.20 Å². The third kappa shape index (κ3) is 3.14. The zero-order chi connectivity index (χ0) is 15.2. The van der Waals surface area contributed by atoms with Gasteiger partial charge in [-0.25, -0.2) is 16.2 Å². The van der Waals surface area contributed by atoms with E-state index in [9.17, 15) is 4.79 Å². The Bertz CT molecular complexity index is 772. The lowest BCUT2D eigenvalue weighted by molar-refractivity contribution is 0.0697. The van der Waals surface area contributed by atoms with E-state index < -0.39 is 5.97 Å². The van der Waals surface area contributed by atoms with Crippen LogP contribution in [0.15, 0.2) is 36.5 Å². The van der Waals surface area contributed by atoms with Gasteiger partial charge in [0.1, 0.15) is 5.75 Å². The van der Waals surface area contributed by atoms with Gasteiger partial charge in [-0.05, 0) is 29.8 Å². The molecule has 21 heavy (non-hydrogen) atoms. The number of benzene rings is 1. The molecular weight excluding hydrogens is 270 g/mol. The van der Waals surface area contributed by atoms with Crippen LogP contribution in [0.4, 0.5) is 5.69 Å². The molecule has 0 amide bonds. The summed E-state index contributed by atoms with van der Waals surface area (Å²) in [7, 11) is 0. The summed E-state index contributed by atoms with van der Waals surface area (Å²) in [5.41, 5.74) is 1.44. The summed E-state index contributed by atoms with van der Waals surface area (Å²) in [5, 5.41) is 8.97. The van der Waals surface area contributed by atoms with Crippen LogP contribution in [0.1, 0.15) is 10.4 Å². The number of carbonyl (C=O) groups is 1. The third-order valence-electron chi connectivity index (χ3n) is 2.67. The van der Waals surface area contributed by atoms with E-state index in [1.807, 2.05) is 0 Å². The van der Waals surface area contributed by atoms with Gasteiger partial charge in [0.05, 0.1) is 17.8 Å². The van der Waals surface area contributed by atoms with Crippen molar-refractivity contribution in [3.8, 4) is 17.0 Å². The van der Waals surface area contributed by atoms with Crippen LogP contribution < -0.4 is 4.74 Å². The quantitative estimate of drug-likeness (QED) is 0.872. The summed E-state index contributed by atoms with van der Waals surface area (Å²) in [6.07, 6.45) is 1.40. The molecule has 1 N–H and O–H groups in total.